The first-order valence-electron chi connectivity index (χ1n) is 7.81. The lowest BCUT2D eigenvalue weighted by Gasteiger charge is -2.22. The van der Waals surface area contributed by atoms with Gasteiger partial charge in [0.05, 0.1) is 0 Å². The van der Waals surface area contributed by atoms with Gasteiger partial charge in [0.1, 0.15) is 11.9 Å². The third-order valence-electron chi connectivity index (χ3n) is 3.75. The van der Waals surface area contributed by atoms with Crippen molar-refractivity contribution in [3.05, 3.63) is 65.5 Å². The van der Waals surface area contributed by atoms with Crippen LogP contribution in [0, 0.1) is 18.7 Å². The molecule has 0 aliphatic heterocycles. The molecular formula is C19H21FN2O2. The third kappa shape index (κ3) is 4.41. The highest BCUT2D eigenvalue weighted by molar-refractivity contribution is 6.01. The SMILES string of the molecule is Cc1ccccc1NC(=O)[C@@H](NC(=O)c1ccc(F)cc1)C(C)C. The van der Waals surface area contributed by atoms with E-state index in [4.69, 9.17) is 0 Å². The van der Waals surface area contributed by atoms with Gasteiger partial charge in [-0.1, -0.05) is 32.0 Å². The lowest BCUT2D eigenvalue weighted by atomic mass is 10.0. The Morgan fingerprint density at radius 1 is 1.00 bits per heavy atom. The number of halogens is 1. The first-order valence-corrected chi connectivity index (χ1v) is 7.81. The minimum absolute atomic E-state index is 0.0987. The molecular weight excluding hydrogens is 307 g/mol. The average Bonchev–Trinajstić information content (AvgIpc) is 2.54. The molecule has 1 atom stereocenters. The Morgan fingerprint density at radius 3 is 2.21 bits per heavy atom. The molecule has 4 nitrogen and oxygen atoms in total. The predicted octanol–water partition coefficient (Wildman–Crippen LogP) is 3.53. The van der Waals surface area contributed by atoms with Crippen molar-refractivity contribution < 1.29 is 14.0 Å². The minimum atomic E-state index is -0.692. The van der Waals surface area contributed by atoms with Crippen LogP contribution in [0.3, 0.4) is 0 Å². The summed E-state index contributed by atoms with van der Waals surface area (Å²) in [5.41, 5.74) is 1.97. The Balaban J connectivity index is 2.11. The Morgan fingerprint density at radius 2 is 1.62 bits per heavy atom. The van der Waals surface area contributed by atoms with Crippen LogP contribution >= 0.6 is 0 Å². The molecule has 0 spiro atoms. The molecule has 2 N–H and O–H groups in total. The first-order chi connectivity index (χ1) is 11.4. The van der Waals surface area contributed by atoms with Crippen molar-refractivity contribution in [2.75, 3.05) is 5.32 Å². The maximum Gasteiger partial charge on any atom is 0.251 e. The number of carbonyl (C=O) groups is 2. The first kappa shape index (κ1) is 17.7. The van der Waals surface area contributed by atoms with E-state index < -0.39 is 17.8 Å². The molecule has 2 aromatic carbocycles. The molecule has 0 saturated carbocycles. The van der Waals surface area contributed by atoms with Gasteiger partial charge in [0.2, 0.25) is 5.91 Å². The summed E-state index contributed by atoms with van der Waals surface area (Å²) < 4.78 is 13.0. The zero-order chi connectivity index (χ0) is 17.7. The molecule has 2 rings (SSSR count). The molecule has 0 unspecified atom stereocenters. The van der Waals surface area contributed by atoms with Crippen molar-refractivity contribution in [1.82, 2.24) is 5.32 Å². The number of nitrogens with one attached hydrogen (secondary N) is 2. The van der Waals surface area contributed by atoms with Gasteiger partial charge in [0.25, 0.3) is 5.91 Å². The van der Waals surface area contributed by atoms with E-state index in [2.05, 4.69) is 10.6 Å². The average molecular weight is 328 g/mol. The number of rotatable bonds is 5. The summed E-state index contributed by atoms with van der Waals surface area (Å²) >= 11 is 0. The Labute approximate surface area is 141 Å². The Bertz CT molecular complexity index is 726. The number of para-hydroxylation sites is 1. The van der Waals surface area contributed by atoms with Crippen molar-refractivity contribution in [2.24, 2.45) is 5.92 Å². The van der Waals surface area contributed by atoms with Gasteiger partial charge in [-0.3, -0.25) is 9.59 Å². The normalized spacial score (nSPS) is 11.9. The maximum atomic E-state index is 13.0. The number of benzene rings is 2. The molecule has 0 heterocycles. The second kappa shape index (κ2) is 7.73. The predicted molar refractivity (Wildman–Crippen MR) is 92.3 cm³/mol. The fourth-order valence-electron chi connectivity index (χ4n) is 2.28. The summed E-state index contributed by atoms with van der Waals surface area (Å²) in [6.07, 6.45) is 0. The lowest BCUT2D eigenvalue weighted by molar-refractivity contribution is -0.118. The van der Waals surface area contributed by atoms with E-state index in [0.29, 0.717) is 11.3 Å². The quantitative estimate of drug-likeness (QED) is 0.882. The second-order valence-corrected chi connectivity index (χ2v) is 6.01. The van der Waals surface area contributed by atoms with Crippen LogP contribution in [0.1, 0.15) is 29.8 Å². The number of aryl methyl sites for hydroxylation is 1. The van der Waals surface area contributed by atoms with Crippen LogP contribution < -0.4 is 10.6 Å². The number of anilines is 1. The van der Waals surface area contributed by atoms with E-state index in [1.807, 2.05) is 45.0 Å². The standard InChI is InChI=1S/C19H21FN2O2/c1-12(2)17(19(24)21-16-7-5-4-6-13(16)3)22-18(23)14-8-10-15(20)11-9-14/h4-12,17H,1-3H3,(H,21,24)(H,22,23)/t17-/m0/s1. The number of carbonyl (C=O) groups excluding carboxylic acids is 2. The van der Waals surface area contributed by atoms with Crippen LogP contribution in [0.2, 0.25) is 0 Å². The molecule has 5 heteroatoms. The molecule has 0 aliphatic carbocycles. The summed E-state index contributed by atoms with van der Waals surface area (Å²) in [6, 6.07) is 12.0. The monoisotopic (exact) mass is 328 g/mol. The molecule has 0 radical (unpaired) electrons. The van der Waals surface area contributed by atoms with E-state index in [0.717, 1.165) is 5.56 Å². The Hall–Kier alpha value is -2.69. The van der Waals surface area contributed by atoms with Crippen LogP contribution in [0.25, 0.3) is 0 Å². The lowest BCUT2D eigenvalue weighted by Crippen LogP contribution is -2.47. The molecule has 24 heavy (non-hydrogen) atoms. The van der Waals surface area contributed by atoms with Crippen molar-refractivity contribution >= 4 is 17.5 Å². The Kier molecular flexibility index (Phi) is 5.68. The van der Waals surface area contributed by atoms with Gasteiger partial charge in [0.15, 0.2) is 0 Å². The molecule has 0 bridgehead atoms. The zero-order valence-electron chi connectivity index (χ0n) is 14.0. The number of amides is 2. The van der Waals surface area contributed by atoms with E-state index in [1.165, 1.54) is 24.3 Å². The molecule has 2 aromatic rings. The maximum absolute atomic E-state index is 13.0. The smallest absolute Gasteiger partial charge is 0.251 e. The fourth-order valence-corrected chi connectivity index (χ4v) is 2.28. The minimum Gasteiger partial charge on any atom is -0.340 e. The van der Waals surface area contributed by atoms with Crippen molar-refractivity contribution in [2.45, 2.75) is 26.8 Å². The molecule has 0 aliphatic rings. The van der Waals surface area contributed by atoms with Gasteiger partial charge in [0, 0.05) is 11.3 Å². The van der Waals surface area contributed by atoms with Gasteiger partial charge >= 0.3 is 0 Å². The summed E-state index contributed by atoms with van der Waals surface area (Å²) in [5.74, 6) is -1.20. The molecule has 126 valence electrons. The van der Waals surface area contributed by atoms with Crippen LogP contribution in [0.5, 0.6) is 0 Å². The highest BCUT2D eigenvalue weighted by Gasteiger charge is 2.25. The van der Waals surface area contributed by atoms with Gasteiger partial charge < -0.3 is 10.6 Å². The van der Waals surface area contributed by atoms with Crippen LogP contribution in [-0.2, 0) is 4.79 Å². The highest BCUT2D eigenvalue weighted by atomic mass is 19.1. The highest BCUT2D eigenvalue weighted by Crippen LogP contribution is 2.15. The third-order valence-corrected chi connectivity index (χ3v) is 3.75. The number of hydrogen-bond donors (Lipinski definition) is 2. The van der Waals surface area contributed by atoms with Crippen LogP contribution in [-0.4, -0.2) is 17.9 Å². The van der Waals surface area contributed by atoms with E-state index in [-0.39, 0.29) is 11.8 Å². The fraction of sp³-hybridized carbons (Fsp3) is 0.263. The molecule has 0 saturated heterocycles. The largest absolute Gasteiger partial charge is 0.340 e. The molecule has 2 amide bonds. The second-order valence-electron chi connectivity index (χ2n) is 6.01. The van der Waals surface area contributed by atoms with Crippen LogP contribution in [0.15, 0.2) is 48.5 Å². The zero-order valence-corrected chi connectivity index (χ0v) is 14.0. The van der Waals surface area contributed by atoms with E-state index in [1.54, 1.807) is 0 Å². The summed E-state index contributed by atoms with van der Waals surface area (Å²) in [4.78, 5) is 24.8. The van der Waals surface area contributed by atoms with Gasteiger partial charge in [-0.05, 0) is 48.7 Å². The van der Waals surface area contributed by atoms with Crippen molar-refractivity contribution in [3.8, 4) is 0 Å². The van der Waals surface area contributed by atoms with E-state index in [9.17, 15) is 14.0 Å². The summed E-state index contributed by atoms with van der Waals surface area (Å²) in [5, 5.41) is 5.56. The van der Waals surface area contributed by atoms with Crippen LogP contribution in [0.4, 0.5) is 10.1 Å². The summed E-state index contributed by atoms with van der Waals surface area (Å²) in [7, 11) is 0. The molecule has 0 fully saturated rings. The summed E-state index contributed by atoms with van der Waals surface area (Å²) in [6.45, 7) is 5.61. The van der Waals surface area contributed by atoms with Gasteiger partial charge in [-0.25, -0.2) is 4.39 Å². The van der Waals surface area contributed by atoms with E-state index >= 15 is 0 Å². The molecule has 0 aromatic heterocycles. The van der Waals surface area contributed by atoms with Gasteiger partial charge in [-0.15, -0.1) is 0 Å². The topological polar surface area (TPSA) is 58.2 Å². The van der Waals surface area contributed by atoms with Crippen molar-refractivity contribution in [1.29, 1.82) is 0 Å². The number of hydrogen-bond acceptors (Lipinski definition) is 2. The van der Waals surface area contributed by atoms with Crippen molar-refractivity contribution in [3.63, 3.8) is 0 Å². The van der Waals surface area contributed by atoms with Gasteiger partial charge in [-0.2, -0.15) is 0 Å².